The number of aliphatic imine (C=N–C) groups is 1. The minimum absolute atomic E-state index is 0.712. The third-order valence-electron chi connectivity index (χ3n) is 3.53. The van der Waals surface area contributed by atoms with Gasteiger partial charge in [-0.1, -0.05) is 29.8 Å². The van der Waals surface area contributed by atoms with E-state index >= 15 is 0 Å². The van der Waals surface area contributed by atoms with Crippen LogP contribution in [0.1, 0.15) is 26.7 Å². The lowest BCUT2D eigenvalue weighted by Gasteiger charge is -2.11. The van der Waals surface area contributed by atoms with Gasteiger partial charge in [0.25, 0.3) is 0 Å². The second-order valence-corrected chi connectivity index (χ2v) is 6.63. The number of aryl methyl sites for hydroxylation is 3. The molecule has 0 atom stereocenters. The molecule has 1 aromatic heterocycles. The molecule has 0 radical (unpaired) electrons. The van der Waals surface area contributed by atoms with Crippen molar-refractivity contribution >= 4 is 17.3 Å². The van der Waals surface area contributed by atoms with Gasteiger partial charge < -0.3 is 10.6 Å². The molecule has 0 bridgehead atoms. The molecule has 22 heavy (non-hydrogen) atoms. The van der Waals surface area contributed by atoms with E-state index in [4.69, 9.17) is 0 Å². The molecular formula is C17H24N4S. The van der Waals surface area contributed by atoms with Gasteiger partial charge in [0.2, 0.25) is 0 Å². The Bertz CT molecular complexity index is 609. The summed E-state index contributed by atoms with van der Waals surface area (Å²) >= 11 is 1.73. The van der Waals surface area contributed by atoms with Gasteiger partial charge in [0.15, 0.2) is 5.96 Å². The van der Waals surface area contributed by atoms with Gasteiger partial charge in [-0.25, -0.2) is 4.98 Å². The van der Waals surface area contributed by atoms with Crippen LogP contribution in [0.15, 0.2) is 29.3 Å². The monoisotopic (exact) mass is 316 g/mol. The lowest BCUT2D eigenvalue weighted by atomic mass is 10.1. The zero-order valence-corrected chi connectivity index (χ0v) is 14.5. The molecule has 0 saturated carbocycles. The summed E-state index contributed by atoms with van der Waals surface area (Å²) in [6, 6.07) is 8.65. The molecule has 0 saturated heterocycles. The van der Waals surface area contributed by atoms with Crippen molar-refractivity contribution in [3.8, 4) is 0 Å². The van der Waals surface area contributed by atoms with Gasteiger partial charge in [-0.2, -0.15) is 0 Å². The van der Waals surface area contributed by atoms with Crippen LogP contribution in [0.5, 0.6) is 0 Å². The van der Waals surface area contributed by atoms with E-state index in [1.54, 1.807) is 18.4 Å². The number of rotatable bonds is 5. The van der Waals surface area contributed by atoms with E-state index in [2.05, 4.69) is 58.7 Å². The molecule has 2 N–H and O–H groups in total. The highest BCUT2D eigenvalue weighted by molar-refractivity contribution is 7.11. The molecule has 0 aliphatic carbocycles. The summed E-state index contributed by atoms with van der Waals surface area (Å²) in [5.41, 5.74) is 3.74. The quantitative estimate of drug-likeness (QED) is 0.658. The van der Waals surface area contributed by atoms with Crippen LogP contribution in [0.3, 0.4) is 0 Å². The summed E-state index contributed by atoms with van der Waals surface area (Å²) < 4.78 is 0. The van der Waals surface area contributed by atoms with Gasteiger partial charge in [0.05, 0.1) is 12.2 Å². The largest absolute Gasteiger partial charge is 0.356 e. The number of nitrogens with one attached hydrogen (secondary N) is 2. The maximum atomic E-state index is 4.53. The Kier molecular flexibility index (Phi) is 5.95. The number of nitrogens with zero attached hydrogens (tertiary/aromatic N) is 2. The summed E-state index contributed by atoms with van der Waals surface area (Å²) in [6.45, 7) is 7.83. The minimum Gasteiger partial charge on any atom is -0.356 e. The van der Waals surface area contributed by atoms with E-state index in [9.17, 15) is 0 Å². The number of aromatic nitrogens is 1. The van der Waals surface area contributed by atoms with Crippen molar-refractivity contribution in [2.45, 2.75) is 33.7 Å². The first-order valence-electron chi connectivity index (χ1n) is 7.51. The highest BCUT2D eigenvalue weighted by atomic mass is 32.1. The van der Waals surface area contributed by atoms with Gasteiger partial charge in [0, 0.05) is 18.5 Å². The maximum absolute atomic E-state index is 4.53. The van der Waals surface area contributed by atoms with Gasteiger partial charge in [-0.3, -0.25) is 4.99 Å². The number of benzene rings is 1. The fraction of sp³-hybridized carbons (Fsp3) is 0.412. The SMILES string of the molecule is CN=C(NCCc1ccc(C)cc1)NCc1nc(C)c(C)s1. The summed E-state index contributed by atoms with van der Waals surface area (Å²) in [5.74, 6) is 0.817. The van der Waals surface area contributed by atoms with E-state index < -0.39 is 0 Å². The number of thiazole rings is 1. The smallest absolute Gasteiger partial charge is 0.191 e. The van der Waals surface area contributed by atoms with Crippen molar-refractivity contribution in [1.29, 1.82) is 0 Å². The minimum atomic E-state index is 0.712. The lowest BCUT2D eigenvalue weighted by Crippen LogP contribution is -2.37. The Hall–Kier alpha value is -1.88. The van der Waals surface area contributed by atoms with Gasteiger partial charge in [-0.05, 0) is 32.8 Å². The Balaban J connectivity index is 1.76. The summed E-state index contributed by atoms with van der Waals surface area (Å²) in [6.07, 6.45) is 0.983. The van der Waals surface area contributed by atoms with E-state index in [1.807, 2.05) is 6.92 Å². The van der Waals surface area contributed by atoms with E-state index in [0.29, 0.717) is 6.54 Å². The third-order valence-corrected chi connectivity index (χ3v) is 4.60. The number of hydrogen-bond donors (Lipinski definition) is 2. The first kappa shape index (κ1) is 16.5. The van der Waals surface area contributed by atoms with E-state index in [-0.39, 0.29) is 0 Å². The second-order valence-electron chi connectivity index (χ2n) is 5.34. The van der Waals surface area contributed by atoms with Crippen molar-refractivity contribution in [1.82, 2.24) is 15.6 Å². The van der Waals surface area contributed by atoms with Crippen molar-refractivity contribution < 1.29 is 0 Å². The molecule has 1 aromatic carbocycles. The first-order valence-corrected chi connectivity index (χ1v) is 8.33. The highest BCUT2D eigenvalue weighted by Crippen LogP contribution is 2.15. The Morgan fingerprint density at radius 2 is 1.86 bits per heavy atom. The van der Waals surface area contributed by atoms with E-state index in [0.717, 1.165) is 29.6 Å². The maximum Gasteiger partial charge on any atom is 0.191 e. The van der Waals surface area contributed by atoms with Crippen LogP contribution in [0.4, 0.5) is 0 Å². The Morgan fingerprint density at radius 1 is 1.14 bits per heavy atom. The van der Waals surface area contributed by atoms with E-state index in [1.165, 1.54) is 16.0 Å². The summed E-state index contributed by atoms with van der Waals surface area (Å²) in [7, 11) is 1.79. The van der Waals surface area contributed by atoms with Crippen molar-refractivity contribution in [3.63, 3.8) is 0 Å². The highest BCUT2D eigenvalue weighted by Gasteiger charge is 2.04. The fourth-order valence-electron chi connectivity index (χ4n) is 2.07. The zero-order valence-electron chi connectivity index (χ0n) is 13.7. The van der Waals surface area contributed by atoms with Gasteiger partial charge >= 0.3 is 0 Å². The molecule has 0 aliphatic heterocycles. The molecule has 118 valence electrons. The van der Waals surface area contributed by atoms with Crippen LogP contribution in [0.25, 0.3) is 0 Å². The van der Waals surface area contributed by atoms with Crippen LogP contribution < -0.4 is 10.6 Å². The molecule has 4 nitrogen and oxygen atoms in total. The van der Waals surface area contributed by atoms with Gasteiger partial charge in [-0.15, -0.1) is 11.3 Å². The standard InChI is InChI=1S/C17H24N4S/c1-12-5-7-15(8-6-12)9-10-19-17(18-4)20-11-16-21-13(2)14(3)22-16/h5-8H,9-11H2,1-4H3,(H2,18,19,20). The third kappa shape index (κ3) is 4.84. The lowest BCUT2D eigenvalue weighted by molar-refractivity contribution is 0.790. The fourth-order valence-corrected chi connectivity index (χ4v) is 2.95. The predicted molar refractivity (Wildman–Crippen MR) is 94.7 cm³/mol. The van der Waals surface area contributed by atoms with Gasteiger partial charge in [0.1, 0.15) is 5.01 Å². The molecule has 2 aromatic rings. The van der Waals surface area contributed by atoms with Crippen molar-refractivity contribution in [2.75, 3.05) is 13.6 Å². The summed E-state index contributed by atoms with van der Waals surface area (Å²) in [4.78, 5) is 10.1. The van der Waals surface area contributed by atoms with Crippen molar-refractivity contribution in [2.24, 2.45) is 4.99 Å². The summed E-state index contributed by atoms with van der Waals surface area (Å²) in [5, 5.41) is 7.74. The molecular weight excluding hydrogens is 292 g/mol. The van der Waals surface area contributed by atoms with Crippen molar-refractivity contribution in [3.05, 3.63) is 51.0 Å². The molecule has 5 heteroatoms. The Morgan fingerprint density at radius 3 is 2.45 bits per heavy atom. The van der Waals surface area contributed by atoms with Crippen LogP contribution in [-0.4, -0.2) is 24.5 Å². The normalized spacial score (nSPS) is 11.5. The second kappa shape index (κ2) is 7.94. The molecule has 0 spiro atoms. The zero-order chi connectivity index (χ0) is 15.9. The van der Waals surface area contributed by atoms with Crippen LogP contribution in [-0.2, 0) is 13.0 Å². The van der Waals surface area contributed by atoms with Crippen LogP contribution >= 0.6 is 11.3 Å². The first-order chi connectivity index (χ1) is 10.6. The molecule has 2 rings (SSSR count). The molecule has 0 aliphatic rings. The van der Waals surface area contributed by atoms with Crippen LogP contribution in [0, 0.1) is 20.8 Å². The Labute approximate surface area is 136 Å². The topological polar surface area (TPSA) is 49.3 Å². The molecule has 1 heterocycles. The molecule has 0 fully saturated rings. The predicted octanol–water partition coefficient (Wildman–Crippen LogP) is 2.98. The molecule has 0 unspecified atom stereocenters. The average Bonchev–Trinajstić information content (AvgIpc) is 2.83. The molecule has 0 amide bonds. The number of guanidine groups is 1. The average molecular weight is 316 g/mol. The van der Waals surface area contributed by atoms with Crippen LogP contribution in [0.2, 0.25) is 0 Å². The number of hydrogen-bond acceptors (Lipinski definition) is 3.